The average molecular weight is 516 g/mol. The Labute approximate surface area is 213 Å². The van der Waals surface area contributed by atoms with Crippen LogP contribution in [0.25, 0.3) is 17.7 Å². The smallest absolute Gasteiger partial charge is 0.270 e. The normalized spacial score (nSPS) is 11.2. The second-order valence-corrected chi connectivity index (χ2v) is 8.42. The van der Waals surface area contributed by atoms with Gasteiger partial charge in [-0.05, 0) is 48.5 Å². The number of hydrogen-bond acceptors (Lipinski definition) is 10. The molecule has 0 aliphatic heterocycles. The zero-order valence-corrected chi connectivity index (χ0v) is 19.9. The molecule has 2 heterocycles. The van der Waals surface area contributed by atoms with Crippen LogP contribution in [0.5, 0.6) is 0 Å². The lowest BCUT2D eigenvalue weighted by Gasteiger charge is -2.09. The third-order valence-electron chi connectivity index (χ3n) is 5.16. The lowest BCUT2D eigenvalue weighted by atomic mass is 10.0. The molecule has 0 saturated heterocycles. The molecular formula is C24H16N6O6S. The minimum atomic E-state index is -0.759. The Bertz CT molecular complexity index is 1590. The topological polar surface area (TPSA) is 171 Å². The van der Waals surface area contributed by atoms with E-state index in [0.29, 0.717) is 28.2 Å². The number of carbonyl (C=O) groups is 1. The third-order valence-corrected chi connectivity index (χ3v) is 6.24. The number of hydrogen-bond donors (Lipinski definition) is 0. The highest BCUT2D eigenvalue weighted by molar-refractivity contribution is 7.99. The van der Waals surface area contributed by atoms with E-state index in [1.54, 1.807) is 22.8 Å². The zero-order chi connectivity index (χ0) is 26.5. The van der Waals surface area contributed by atoms with Gasteiger partial charge in [-0.3, -0.25) is 29.6 Å². The van der Waals surface area contributed by atoms with Crippen molar-refractivity contribution in [2.24, 2.45) is 0 Å². The molecule has 4 aromatic rings. The summed E-state index contributed by atoms with van der Waals surface area (Å²) in [5, 5.41) is 41.0. The summed E-state index contributed by atoms with van der Waals surface area (Å²) in [6.07, 6.45) is 2.73. The first-order chi connectivity index (χ1) is 17.8. The van der Waals surface area contributed by atoms with Gasteiger partial charge in [0.2, 0.25) is 5.78 Å². The number of Topliss-reactive ketones (excluding diaryl/α,β-unsaturated/α-hetero) is 1. The quantitative estimate of drug-likeness (QED) is 0.0932. The molecule has 0 atom stereocenters. The van der Waals surface area contributed by atoms with E-state index in [4.69, 9.17) is 4.42 Å². The summed E-state index contributed by atoms with van der Waals surface area (Å²) in [4.78, 5) is 34.7. The number of nitro benzene ring substituents is 2. The number of benzene rings is 2. The molecule has 4 rings (SSSR count). The molecule has 13 heteroatoms. The van der Waals surface area contributed by atoms with Gasteiger partial charge >= 0.3 is 0 Å². The number of non-ortho nitro benzene ring substituents is 2. The maximum atomic E-state index is 13.0. The van der Waals surface area contributed by atoms with E-state index >= 15 is 0 Å². The first kappa shape index (κ1) is 25.0. The fourth-order valence-electron chi connectivity index (χ4n) is 3.41. The van der Waals surface area contributed by atoms with Crippen molar-refractivity contribution in [3.05, 3.63) is 97.8 Å². The van der Waals surface area contributed by atoms with Gasteiger partial charge in [-0.2, -0.15) is 5.26 Å². The SMILES string of the molecule is CCn1c(Sc2ccc([N+](=O)[O-])cc2/C=C(/C#N)C(=O)c2cccc([N+](=O)[O-])c2)nnc1-c1ccco1. The van der Waals surface area contributed by atoms with Crippen LogP contribution < -0.4 is 0 Å². The van der Waals surface area contributed by atoms with Crippen LogP contribution in [-0.2, 0) is 6.54 Å². The number of nitrogens with zero attached hydrogens (tertiary/aromatic N) is 6. The molecule has 0 aliphatic rings. The Morgan fingerprint density at radius 1 is 1.11 bits per heavy atom. The van der Waals surface area contributed by atoms with Crippen LogP contribution >= 0.6 is 11.8 Å². The van der Waals surface area contributed by atoms with Gasteiger partial charge in [0.25, 0.3) is 11.4 Å². The molecule has 184 valence electrons. The van der Waals surface area contributed by atoms with Crippen molar-refractivity contribution in [3.63, 3.8) is 0 Å². The Kier molecular flexibility index (Phi) is 7.21. The molecule has 0 fully saturated rings. The van der Waals surface area contributed by atoms with Gasteiger partial charge in [0, 0.05) is 41.3 Å². The molecule has 12 nitrogen and oxygen atoms in total. The van der Waals surface area contributed by atoms with E-state index in [9.17, 15) is 30.3 Å². The minimum absolute atomic E-state index is 0.0598. The van der Waals surface area contributed by atoms with Gasteiger partial charge in [-0.25, -0.2) is 0 Å². The number of nitriles is 1. The molecule has 0 aliphatic carbocycles. The predicted molar refractivity (Wildman–Crippen MR) is 132 cm³/mol. The standard InChI is InChI=1S/C24H16N6O6S/c1-2-28-23(20-7-4-10-36-20)26-27-24(28)37-21-9-8-19(30(34)35)13-16(21)11-17(14-25)22(31)15-5-3-6-18(12-15)29(32)33/h3-13H,2H2,1H3/b17-11-. The Hall–Kier alpha value is -5.09. The van der Waals surface area contributed by atoms with Crippen molar-refractivity contribution in [1.29, 1.82) is 5.26 Å². The third kappa shape index (κ3) is 5.29. The van der Waals surface area contributed by atoms with E-state index in [2.05, 4.69) is 10.2 Å². The van der Waals surface area contributed by atoms with E-state index < -0.39 is 15.6 Å². The molecule has 0 bridgehead atoms. The van der Waals surface area contributed by atoms with Gasteiger partial charge in [0.05, 0.1) is 16.1 Å². The lowest BCUT2D eigenvalue weighted by molar-refractivity contribution is -0.385. The van der Waals surface area contributed by atoms with Crippen LogP contribution in [0.3, 0.4) is 0 Å². The summed E-state index contributed by atoms with van der Waals surface area (Å²) in [7, 11) is 0. The number of carbonyl (C=O) groups excluding carboxylic acids is 1. The summed E-state index contributed by atoms with van der Waals surface area (Å²) < 4.78 is 7.21. The first-order valence-corrected chi connectivity index (χ1v) is 11.5. The number of aromatic nitrogens is 3. The van der Waals surface area contributed by atoms with Crippen molar-refractivity contribution in [3.8, 4) is 17.7 Å². The largest absolute Gasteiger partial charge is 0.461 e. The molecule has 0 radical (unpaired) electrons. The summed E-state index contributed by atoms with van der Waals surface area (Å²) in [5.41, 5.74) is -0.740. The molecule has 0 unspecified atom stereocenters. The molecule has 0 amide bonds. The van der Waals surface area contributed by atoms with Crippen molar-refractivity contribution in [2.45, 2.75) is 23.5 Å². The highest BCUT2D eigenvalue weighted by atomic mass is 32.2. The lowest BCUT2D eigenvalue weighted by Crippen LogP contribution is -2.03. The maximum absolute atomic E-state index is 13.0. The Morgan fingerprint density at radius 2 is 1.86 bits per heavy atom. The van der Waals surface area contributed by atoms with Gasteiger partial charge in [0.15, 0.2) is 16.7 Å². The van der Waals surface area contributed by atoms with Crippen LogP contribution in [0.1, 0.15) is 22.8 Å². The number of rotatable bonds is 9. The summed E-state index contributed by atoms with van der Waals surface area (Å²) in [6.45, 7) is 2.39. The summed E-state index contributed by atoms with van der Waals surface area (Å²) in [6, 6.07) is 14.3. The second-order valence-electron chi connectivity index (χ2n) is 7.42. The number of furan rings is 1. The van der Waals surface area contributed by atoms with Crippen LogP contribution in [0, 0.1) is 31.6 Å². The molecule has 0 N–H and O–H groups in total. The van der Waals surface area contributed by atoms with Crippen molar-refractivity contribution >= 4 is 35.0 Å². The minimum Gasteiger partial charge on any atom is -0.461 e. The highest BCUT2D eigenvalue weighted by Crippen LogP contribution is 2.35. The zero-order valence-electron chi connectivity index (χ0n) is 19.1. The van der Waals surface area contributed by atoms with Crippen molar-refractivity contribution in [2.75, 3.05) is 0 Å². The Morgan fingerprint density at radius 3 is 2.51 bits per heavy atom. The van der Waals surface area contributed by atoms with Crippen LogP contribution in [-0.4, -0.2) is 30.4 Å². The second kappa shape index (κ2) is 10.7. The van der Waals surface area contributed by atoms with E-state index in [-0.39, 0.29) is 28.1 Å². The summed E-state index contributed by atoms with van der Waals surface area (Å²) in [5.74, 6) is 0.248. The predicted octanol–water partition coefficient (Wildman–Crippen LogP) is 5.32. The average Bonchev–Trinajstić information content (AvgIpc) is 3.57. The van der Waals surface area contributed by atoms with E-state index in [1.807, 2.05) is 6.92 Å². The first-order valence-electron chi connectivity index (χ1n) is 10.7. The van der Waals surface area contributed by atoms with E-state index in [0.717, 1.165) is 17.8 Å². The highest BCUT2D eigenvalue weighted by Gasteiger charge is 2.20. The number of ketones is 1. The van der Waals surface area contributed by atoms with Crippen molar-refractivity contribution in [1.82, 2.24) is 14.8 Å². The van der Waals surface area contributed by atoms with Gasteiger partial charge in [-0.15, -0.1) is 10.2 Å². The summed E-state index contributed by atoms with van der Waals surface area (Å²) >= 11 is 1.14. The maximum Gasteiger partial charge on any atom is 0.270 e. The monoisotopic (exact) mass is 516 g/mol. The molecular weight excluding hydrogens is 500 g/mol. The fourth-order valence-corrected chi connectivity index (χ4v) is 4.39. The molecule has 37 heavy (non-hydrogen) atoms. The van der Waals surface area contributed by atoms with Crippen LogP contribution in [0.4, 0.5) is 11.4 Å². The van der Waals surface area contributed by atoms with Crippen LogP contribution in [0.2, 0.25) is 0 Å². The number of allylic oxidation sites excluding steroid dienone is 1. The van der Waals surface area contributed by atoms with Crippen LogP contribution in [0.15, 0.2) is 80.9 Å². The van der Waals surface area contributed by atoms with Gasteiger partial charge in [-0.1, -0.05) is 12.1 Å². The fraction of sp³-hybridized carbons (Fsp3) is 0.0833. The number of nitro groups is 2. The molecule has 2 aromatic heterocycles. The van der Waals surface area contributed by atoms with Gasteiger partial charge < -0.3 is 4.42 Å². The van der Waals surface area contributed by atoms with Gasteiger partial charge in [0.1, 0.15) is 11.6 Å². The van der Waals surface area contributed by atoms with Crippen molar-refractivity contribution < 1.29 is 19.1 Å². The molecule has 2 aromatic carbocycles. The Balaban J connectivity index is 1.76. The molecule has 0 spiro atoms. The molecule has 0 saturated carbocycles. The van der Waals surface area contributed by atoms with E-state index in [1.165, 1.54) is 48.7 Å².